The van der Waals surface area contributed by atoms with Crippen molar-refractivity contribution in [2.24, 2.45) is 4.99 Å². The summed E-state index contributed by atoms with van der Waals surface area (Å²) in [5, 5.41) is 2.97. The van der Waals surface area contributed by atoms with Crippen molar-refractivity contribution in [1.82, 2.24) is 4.98 Å². The van der Waals surface area contributed by atoms with Crippen molar-refractivity contribution in [3.63, 3.8) is 0 Å². The third kappa shape index (κ3) is 4.79. The van der Waals surface area contributed by atoms with E-state index in [4.69, 9.17) is 0 Å². The number of carbonyl (C=O) groups excluding carboxylic acids is 2. The Balaban J connectivity index is 1.60. The van der Waals surface area contributed by atoms with Crippen LogP contribution in [-0.4, -0.2) is 29.0 Å². The van der Waals surface area contributed by atoms with Crippen molar-refractivity contribution in [3.8, 4) is 0 Å². The van der Waals surface area contributed by atoms with Gasteiger partial charge in [0.2, 0.25) is 5.91 Å². The molecule has 3 aromatic rings. The Morgan fingerprint density at radius 2 is 1.91 bits per heavy atom. The number of carbonyl (C=O) groups is 2. The largest absolute Gasteiger partial charge is 0.292 e. The highest BCUT2D eigenvalue weighted by Crippen LogP contribution is 2.31. The summed E-state index contributed by atoms with van der Waals surface area (Å²) in [6.45, 7) is 1.48. The summed E-state index contributed by atoms with van der Waals surface area (Å²) in [6, 6.07) is 15.2. The van der Waals surface area contributed by atoms with Gasteiger partial charge in [-0.1, -0.05) is 42.1 Å². The molecule has 2 heterocycles. The number of amidine groups is 1. The van der Waals surface area contributed by atoms with Crippen LogP contribution in [0.2, 0.25) is 0 Å². The Morgan fingerprint density at radius 1 is 1.19 bits per heavy atom. The SMILES string of the molecule is CC(=O)N(C)c1nc(CSC2=NC(=Cc3ccccc3)C(=O)N2c2ccc(F)cc2)cs1. The van der Waals surface area contributed by atoms with Crippen LogP contribution in [0.4, 0.5) is 15.2 Å². The van der Waals surface area contributed by atoms with Crippen LogP contribution >= 0.6 is 23.1 Å². The van der Waals surface area contributed by atoms with Gasteiger partial charge in [-0.25, -0.2) is 14.4 Å². The molecule has 2 aromatic carbocycles. The molecule has 2 amide bonds. The molecule has 0 N–H and O–H groups in total. The van der Waals surface area contributed by atoms with Crippen LogP contribution in [0, 0.1) is 5.82 Å². The average Bonchev–Trinajstić information content (AvgIpc) is 3.38. The maximum absolute atomic E-state index is 13.4. The molecule has 0 fully saturated rings. The van der Waals surface area contributed by atoms with Crippen molar-refractivity contribution in [1.29, 1.82) is 0 Å². The van der Waals surface area contributed by atoms with E-state index in [1.807, 2.05) is 35.7 Å². The Kier molecular flexibility index (Phi) is 6.48. The summed E-state index contributed by atoms with van der Waals surface area (Å²) in [5.41, 5.74) is 2.48. The van der Waals surface area contributed by atoms with Crippen LogP contribution in [0.5, 0.6) is 0 Å². The van der Waals surface area contributed by atoms with E-state index in [-0.39, 0.29) is 17.6 Å². The number of benzene rings is 2. The third-order valence-corrected chi connectivity index (χ3v) is 6.60. The molecule has 0 unspecified atom stereocenters. The fourth-order valence-corrected chi connectivity index (χ4v) is 4.75. The lowest BCUT2D eigenvalue weighted by Crippen LogP contribution is -2.30. The zero-order valence-electron chi connectivity index (χ0n) is 17.4. The minimum Gasteiger partial charge on any atom is -0.292 e. The summed E-state index contributed by atoms with van der Waals surface area (Å²) < 4.78 is 13.4. The zero-order valence-corrected chi connectivity index (χ0v) is 19.0. The third-order valence-electron chi connectivity index (χ3n) is 4.67. The van der Waals surface area contributed by atoms with Crippen molar-refractivity contribution >= 4 is 57.0 Å². The van der Waals surface area contributed by atoms with Crippen molar-refractivity contribution < 1.29 is 14.0 Å². The molecule has 1 aliphatic rings. The van der Waals surface area contributed by atoms with Gasteiger partial charge in [-0.2, -0.15) is 0 Å². The smallest absolute Gasteiger partial charge is 0.283 e. The second-order valence-corrected chi connectivity index (χ2v) is 8.72. The molecule has 162 valence electrons. The highest BCUT2D eigenvalue weighted by atomic mass is 32.2. The van der Waals surface area contributed by atoms with Crippen LogP contribution in [0.15, 0.2) is 70.7 Å². The topological polar surface area (TPSA) is 65.9 Å². The number of rotatable bonds is 5. The lowest BCUT2D eigenvalue weighted by atomic mass is 10.2. The number of aromatic nitrogens is 1. The molecule has 0 aliphatic carbocycles. The number of anilines is 2. The lowest BCUT2D eigenvalue weighted by Gasteiger charge is -2.17. The molecule has 0 spiro atoms. The van der Waals surface area contributed by atoms with Gasteiger partial charge in [-0.3, -0.25) is 19.4 Å². The van der Waals surface area contributed by atoms with Gasteiger partial charge in [-0.05, 0) is 35.9 Å². The number of hydrogen-bond donors (Lipinski definition) is 0. The molecule has 0 saturated heterocycles. The van der Waals surface area contributed by atoms with E-state index in [2.05, 4.69) is 9.98 Å². The van der Waals surface area contributed by atoms with Gasteiger partial charge in [0.1, 0.15) is 11.5 Å². The van der Waals surface area contributed by atoms with E-state index < -0.39 is 0 Å². The first-order chi connectivity index (χ1) is 15.4. The predicted octanol–water partition coefficient (Wildman–Crippen LogP) is 4.94. The molecule has 1 aliphatic heterocycles. The second-order valence-electron chi connectivity index (χ2n) is 6.94. The number of thioether (sulfide) groups is 1. The number of nitrogens with zero attached hydrogens (tertiary/aromatic N) is 4. The standard InChI is InChI=1S/C23H19FN4O2S2/c1-15(29)27(2)22-25-18(13-31-22)14-32-23-26-20(12-16-6-4-3-5-7-16)21(30)28(23)19-10-8-17(24)9-11-19/h3-13H,14H2,1-2H3. The maximum Gasteiger partial charge on any atom is 0.283 e. The predicted molar refractivity (Wildman–Crippen MR) is 128 cm³/mol. The Bertz CT molecular complexity index is 1210. The summed E-state index contributed by atoms with van der Waals surface area (Å²) >= 11 is 2.73. The van der Waals surface area contributed by atoms with Gasteiger partial charge in [0.25, 0.3) is 5.91 Å². The molecule has 6 nitrogen and oxygen atoms in total. The number of halogens is 1. The van der Waals surface area contributed by atoms with Gasteiger partial charge in [0.05, 0.1) is 11.4 Å². The summed E-state index contributed by atoms with van der Waals surface area (Å²) in [4.78, 5) is 36.7. The van der Waals surface area contributed by atoms with Crippen molar-refractivity contribution in [2.75, 3.05) is 16.8 Å². The molecule has 1 aromatic heterocycles. The Labute approximate surface area is 193 Å². The number of amides is 2. The van der Waals surface area contributed by atoms with E-state index >= 15 is 0 Å². The van der Waals surface area contributed by atoms with Crippen LogP contribution in [0.3, 0.4) is 0 Å². The summed E-state index contributed by atoms with van der Waals surface area (Å²) in [6.07, 6.45) is 1.73. The average molecular weight is 467 g/mol. The van der Waals surface area contributed by atoms with Gasteiger partial charge < -0.3 is 0 Å². The number of aliphatic imine (C=N–C) groups is 1. The molecule has 32 heavy (non-hydrogen) atoms. The zero-order chi connectivity index (χ0) is 22.7. The van der Waals surface area contributed by atoms with Gasteiger partial charge in [-0.15, -0.1) is 11.3 Å². The first-order valence-electron chi connectivity index (χ1n) is 9.69. The van der Waals surface area contributed by atoms with Crippen molar-refractivity contribution in [3.05, 3.63) is 82.7 Å². The van der Waals surface area contributed by atoms with E-state index in [1.54, 1.807) is 25.3 Å². The van der Waals surface area contributed by atoms with Gasteiger partial charge >= 0.3 is 0 Å². The Hall–Kier alpha value is -3.30. The van der Waals surface area contributed by atoms with Crippen molar-refractivity contribution in [2.45, 2.75) is 12.7 Å². The fourth-order valence-electron chi connectivity index (χ4n) is 2.91. The molecule has 0 saturated carbocycles. The molecular formula is C23H19FN4O2S2. The van der Waals surface area contributed by atoms with Crippen LogP contribution < -0.4 is 9.80 Å². The highest BCUT2D eigenvalue weighted by molar-refractivity contribution is 8.13. The molecule has 0 atom stereocenters. The summed E-state index contributed by atoms with van der Waals surface area (Å²) in [5.74, 6) is -0.290. The molecule has 0 radical (unpaired) electrons. The Morgan fingerprint density at radius 3 is 2.59 bits per heavy atom. The number of thiazole rings is 1. The quantitative estimate of drug-likeness (QED) is 0.500. The maximum atomic E-state index is 13.4. The molecule has 4 rings (SSSR count). The fraction of sp³-hybridized carbons (Fsp3) is 0.130. The van der Waals surface area contributed by atoms with Crippen LogP contribution in [0.1, 0.15) is 18.2 Å². The van der Waals surface area contributed by atoms with E-state index in [0.29, 0.717) is 27.4 Å². The minimum atomic E-state index is -0.379. The first-order valence-corrected chi connectivity index (χ1v) is 11.6. The normalized spacial score (nSPS) is 14.7. The van der Waals surface area contributed by atoms with Gasteiger partial charge in [0, 0.05) is 25.1 Å². The lowest BCUT2D eigenvalue weighted by molar-refractivity contribution is -0.116. The van der Waals surface area contributed by atoms with Crippen LogP contribution in [0.25, 0.3) is 6.08 Å². The number of hydrogen-bond acceptors (Lipinski definition) is 6. The highest BCUT2D eigenvalue weighted by Gasteiger charge is 2.32. The second kappa shape index (κ2) is 9.46. The van der Waals surface area contributed by atoms with Crippen LogP contribution in [-0.2, 0) is 15.3 Å². The first kappa shape index (κ1) is 21.9. The van der Waals surface area contributed by atoms with E-state index in [9.17, 15) is 14.0 Å². The van der Waals surface area contributed by atoms with Gasteiger partial charge in [0.15, 0.2) is 10.3 Å². The minimum absolute atomic E-state index is 0.0949. The molecule has 9 heteroatoms. The van der Waals surface area contributed by atoms with E-state index in [1.165, 1.54) is 52.0 Å². The molecular weight excluding hydrogens is 447 g/mol. The monoisotopic (exact) mass is 466 g/mol. The van der Waals surface area contributed by atoms with E-state index in [0.717, 1.165) is 11.3 Å². The summed E-state index contributed by atoms with van der Waals surface area (Å²) in [7, 11) is 1.68. The molecule has 0 bridgehead atoms.